The van der Waals surface area contributed by atoms with Crippen LogP contribution in [0.4, 0.5) is 13.2 Å². The van der Waals surface area contributed by atoms with E-state index >= 15 is 0 Å². The molecule has 0 aliphatic carbocycles. The molecule has 0 aliphatic heterocycles. The number of carbonyl (C=O) groups is 1. The van der Waals surface area contributed by atoms with Crippen molar-refractivity contribution in [1.29, 1.82) is 0 Å². The first-order valence-electron chi connectivity index (χ1n) is 6.00. The number of amides is 1. The predicted molar refractivity (Wildman–Crippen MR) is 67.6 cm³/mol. The van der Waals surface area contributed by atoms with E-state index in [0.29, 0.717) is 12.5 Å². The van der Waals surface area contributed by atoms with Crippen molar-refractivity contribution in [3.63, 3.8) is 0 Å². The van der Waals surface area contributed by atoms with Crippen molar-refractivity contribution < 1.29 is 23.1 Å². The fourth-order valence-electron chi connectivity index (χ4n) is 1.63. The van der Waals surface area contributed by atoms with Gasteiger partial charge in [0.15, 0.2) is 5.54 Å². The van der Waals surface area contributed by atoms with Crippen LogP contribution in [0.25, 0.3) is 0 Å². The van der Waals surface area contributed by atoms with E-state index < -0.39 is 24.2 Å². The third kappa shape index (κ3) is 3.71. The molecule has 7 heteroatoms. The third-order valence-electron chi connectivity index (χ3n) is 2.91. The summed E-state index contributed by atoms with van der Waals surface area (Å²) in [5, 5.41) is 8.92. The third-order valence-corrected chi connectivity index (χ3v) is 2.91. The molecule has 0 aromatic heterocycles. The highest BCUT2D eigenvalue weighted by atomic mass is 19.4. The minimum atomic E-state index is -4.85. The minimum absolute atomic E-state index is 0.0386. The summed E-state index contributed by atoms with van der Waals surface area (Å²) in [5.74, 6) is -1.26. The van der Waals surface area contributed by atoms with Crippen LogP contribution in [0, 0.1) is 0 Å². The molecule has 20 heavy (non-hydrogen) atoms. The molecule has 0 heterocycles. The van der Waals surface area contributed by atoms with Crippen molar-refractivity contribution in [2.75, 3.05) is 13.2 Å². The van der Waals surface area contributed by atoms with Crippen molar-refractivity contribution in [3.8, 4) is 0 Å². The summed E-state index contributed by atoms with van der Waals surface area (Å²) in [7, 11) is 0. The Morgan fingerprint density at radius 1 is 1.30 bits per heavy atom. The van der Waals surface area contributed by atoms with E-state index in [-0.39, 0.29) is 13.1 Å². The summed E-state index contributed by atoms with van der Waals surface area (Å²) in [5.41, 5.74) is 2.81. The van der Waals surface area contributed by atoms with Gasteiger partial charge in [0.25, 0.3) is 5.91 Å². The van der Waals surface area contributed by atoms with E-state index in [9.17, 15) is 18.0 Å². The molecular formula is C13H17F3N2O2. The van der Waals surface area contributed by atoms with Crippen LogP contribution in [0.3, 0.4) is 0 Å². The van der Waals surface area contributed by atoms with Crippen molar-refractivity contribution in [2.45, 2.75) is 25.2 Å². The number of aliphatic hydroxyl groups excluding tert-OH is 1. The molecule has 1 unspecified atom stereocenters. The molecule has 1 rings (SSSR count). The quantitative estimate of drug-likeness (QED) is 0.858. The topological polar surface area (TPSA) is 66.6 Å². The van der Waals surface area contributed by atoms with Gasteiger partial charge in [-0.05, 0) is 12.5 Å². The number of hydrogen-bond donors (Lipinski definition) is 2. The average molecular weight is 290 g/mol. The van der Waals surface area contributed by atoms with Gasteiger partial charge < -0.3 is 15.7 Å². The second-order valence-electron chi connectivity index (χ2n) is 4.64. The molecule has 0 saturated carbocycles. The molecule has 1 aromatic rings. The van der Waals surface area contributed by atoms with Crippen LogP contribution in [0.5, 0.6) is 0 Å². The summed E-state index contributed by atoms with van der Waals surface area (Å²) in [6.07, 6.45) is -4.85. The molecular weight excluding hydrogens is 273 g/mol. The Labute approximate surface area is 115 Å². The van der Waals surface area contributed by atoms with E-state index in [1.165, 1.54) is 0 Å². The first-order valence-corrected chi connectivity index (χ1v) is 6.00. The van der Waals surface area contributed by atoms with Crippen molar-refractivity contribution in [2.24, 2.45) is 5.73 Å². The summed E-state index contributed by atoms with van der Waals surface area (Å²) in [6.45, 7) is -0.0586. The molecule has 1 atom stereocenters. The lowest BCUT2D eigenvalue weighted by molar-refractivity contribution is -0.194. The predicted octanol–water partition coefficient (Wildman–Crippen LogP) is 1.29. The lowest BCUT2D eigenvalue weighted by atomic mass is 10.0. The van der Waals surface area contributed by atoms with Gasteiger partial charge in [-0.3, -0.25) is 4.79 Å². The Kier molecular flexibility index (Phi) is 5.13. The molecule has 0 bridgehead atoms. The lowest BCUT2D eigenvalue weighted by Gasteiger charge is -2.32. The van der Waals surface area contributed by atoms with E-state index in [0.717, 1.165) is 4.90 Å². The maximum Gasteiger partial charge on any atom is 0.415 e. The second kappa shape index (κ2) is 6.23. The molecule has 1 amide bonds. The summed E-state index contributed by atoms with van der Waals surface area (Å²) >= 11 is 0. The van der Waals surface area contributed by atoms with Gasteiger partial charge in [0, 0.05) is 13.1 Å². The number of hydrogen-bond acceptors (Lipinski definition) is 3. The second-order valence-corrected chi connectivity index (χ2v) is 4.64. The van der Waals surface area contributed by atoms with E-state index in [1.807, 2.05) is 0 Å². The highest BCUT2D eigenvalue weighted by Gasteiger charge is 2.55. The summed E-state index contributed by atoms with van der Waals surface area (Å²) in [6, 6.07) is 8.54. The SMILES string of the molecule is CC(N)(C(=O)N(CCO)Cc1ccccc1)C(F)(F)F. The molecule has 0 saturated heterocycles. The first-order chi connectivity index (χ1) is 9.20. The van der Waals surface area contributed by atoms with Gasteiger partial charge in [-0.25, -0.2) is 0 Å². The molecule has 0 spiro atoms. The van der Waals surface area contributed by atoms with Gasteiger partial charge in [-0.15, -0.1) is 0 Å². The Hall–Kier alpha value is -1.60. The Bertz CT molecular complexity index is 447. The maximum absolute atomic E-state index is 12.8. The monoisotopic (exact) mass is 290 g/mol. The van der Waals surface area contributed by atoms with E-state index in [2.05, 4.69) is 0 Å². The Balaban J connectivity index is 2.94. The van der Waals surface area contributed by atoms with Crippen LogP contribution < -0.4 is 5.73 Å². The van der Waals surface area contributed by atoms with Crippen molar-refractivity contribution in [1.82, 2.24) is 4.90 Å². The Morgan fingerprint density at radius 2 is 1.85 bits per heavy atom. The van der Waals surface area contributed by atoms with Crippen LogP contribution in [-0.2, 0) is 11.3 Å². The van der Waals surface area contributed by atoms with Gasteiger partial charge in [0.2, 0.25) is 0 Å². The zero-order valence-electron chi connectivity index (χ0n) is 11.0. The number of alkyl halides is 3. The van der Waals surface area contributed by atoms with Crippen molar-refractivity contribution in [3.05, 3.63) is 35.9 Å². The van der Waals surface area contributed by atoms with Gasteiger partial charge in [-0.2, -0.15) is 13.2 Å². The van der Waals surface area contributed by atoms with Gasteiger partial charge in [0.05, 0.1) is 6.61 Å². The molecule has 0 fully saturated rings. The van der Waals surface area contributed by atoms with Crippen LogP contribution in [0.1, 0.15) is 12.5 Å². The first kappa shape index (κ1) is 16.5. The van der Waals surface area contributed by atoms with E-state index in [1.54, 1.807) is 30.3 Å². The fraction of sp³-hybridized carbons (Fsp3) is 0.462. The number of carbonyl (C=O) groups excluding carboxylic acids is 1. The van der Waals surface area contributed by atoms with Gasteiger partial charge in [0.1, 0.15) is 0 Å². The zero-order chi connectivity index (χ0) is 15.4. The van der Waals surface area contributed by atoms with Gasteiger partial charge in [-0.1, -0.05) is 30.3 Å². The molecule has 0 aliphatic rings. The number of rotatable bonds is 5. The standard InChI is InChI=1S/C13H17F3N2O2/c1-12(17,13(14,15)16)11(20)18(7-8-19)9-10-5-3-2-4-6-10/h2-6,19H,7-9,17H2,1H3. The zero-order valence-corrected chi connectivity index (χ0v) is 11.0. The number of nitrogens with zero attached hydrogens (tertiary/aromatic N) is 1. The Morgan fingerprint density at radius 3 is 2.30 bits per heavy atom. The summed E-state index contributed by atoms with van der Waals surface area (Å²) in [4.78, 5) is 12.9. The maximum atomic E-state index is 12.8. The molecule has 1 aromatic carbocycles. The number of nitrogens with two attached hydrogens (primary N) is 1. The highest BCUT2D eigenvalue weighted by molar-refractivity contribution is 5.86. The number of aliphatic hydroxyl groups is 1. The number of halogens is 3. The molecule has 4 nitrogen and oxygen atoms in total. The van der Waals surface area contributed by atoms with Gasteiger partial charge >= 0.3 is 6.18 Å². The normalized spacial score (nSPS) is 14.7. The van der Waals surface area contributed by atoms with Crippen LogP contribution >= 0.6 is 0 Å². The fourth-order valence-corrected chi connectivity index (χ4v) is 1.63. The lowest BCUT2D eigenvalue weighted by Crippen LogP contribution is -2.62. The van der Waals surface area contributed by atoms with E-state index in [4.69, 9.17) is 10.8 Å². The molecule has 0 radical (unpaired) electrons. The molecule has 3 N–H and O–H groups in total. The van der Waals surface area contributed by atoms with Crippen LogP contribution in [0.2, 0.25) is 0 Å². The largest absolute Gasteiger partial charge is 0.415 e. The number of benzene rings is 1. The van der Waals surface area contributed by atoms with Crippen LogP contribution in [-0.4, -0.2) is 40.8 Å². The summed E-state index contributed by atoms with van der Waals surface area (Å²) < 4.78 is 38.4. The minimum Gasteiger partial charge on any atom is -0.395 e. The van der Waals surface area contributed by atoms with Crippen LogP contribution in [0.15, 0.2) is 30.3 Å². The van der Waals surface area contributed by atoms with Crippen molar-refractivity contribution >= 4 is 5.91 Å². The smallest absolute Gasteiger partial charge is 0.395 e. The average Bonchev–Trinajstić information content (AvgIpc) is 2.37. The molecule has 112 valence electrons. The highest BCUT2D eigenvalue weighted by Crippen LogP contribution is 2.29.